The fraction of sp³-hybridized carbons (Fsp3) is 0.571. The number of anilines is 2. The van der Waals surface area contributed by atoms with Crippen LogP contribution in [-0.4, -0.2) is 12.6 Å². The minimum absolute atomic E-state index is 0.713. The minimum atomic E-state index is 0.713. The normalized spacial score (nSPS) is 15.3. The maximum atomic E-state index is 6.10. The summed E-state index contributed by atoms with van der Waals surface area (Å²) in [6, 6.07) is 6.86. The van der Waals surface area contributed by atoms with Crippen molar-refractivity contribution in [2.75, 3.05) is 17.2 Å². The van der Waals surface area contributed by atoms with E-state index >= 15 is 0 Å². The first kappa shape index (κ1) is 12.7. The first-order valence-corrected chi connectivity index (χ1v) is 7.19. The highest BCUT2D eigenvalue weighted by molar-refractivity contribution is 9.10. The summed E-state index contributed by atoms with van der Waals surface area (Å²) in [6.07, 6.45) is 3.84. The van der Waals surface area contributed by atoms with Crippen LogP contribution in [-0.2, 0) is 0 Å². The van der Waals surface area contributed by atoms with E-state index in [9.17, 15) is 0 Å². The van der Waals surface area contributed by atoms with Crippen LogP contribution in [0.1, 0.15) is 33.1 Å². The maximum absolute atomic E-state index is 6.10. The van der Waals surface area contributed by atoms with Gasteiger partial charge in [0.25, 0.3) is 0 Å². The minimum Gasteiger partial charge on any atom is -0.397 e. The number of hydrogen-bond acceptors (Lipinski definition) is 2. The molecule has 0 bridgehead atoms. The Bertz CT molecular complexity index is 386. The van der Waals surface area contributed by atoms with Crippen molar-refractivity contribution in [1.82, 2.24) is 0 Å². The average molecular weight is 297 g/mol. The number of benzene rings is 1. The van der Waals surface area contributed by atoms with Crippen LogP contribution in [0.25, 0.3) is 0 Å². The molecule has 3 heteroatoms. The van der Waals surface area contributed by atoms with Crippen molar-refractivity contribution in [3.8, 4) is 0 Å². The topological polar surface area (TPSA) is 29.3 Å². The number of nitrogens with two attached hydrogens (primary N) is 1. The predicted molar refractivity (Wildman–Crippen MR) is 78.4 cm³/mol. The van der Waals surface area contributed by atoms with E-state index < -0.39 is 0 Å². The summed E-state index contributed by atoms with van der Waals surface area (Å²) >= 11 is 3.53. The third kappa shape index (κ3) is 3.38. The number of nitrogens with zero attached hydrogens (tertiary/aromatic N) is 1. The monoisotopic (exact) mass is 296 g/mol. The Morgan fingerprint density at radius 1 is 1.41 bits per heavy atom. The quantitative estimate of drug-likeness (QED) is 0.831. The summed E-state index contributed by atoms with van der Waals surface area (Å²) in [7, 11) is 0. The van der Waals surface area contributed by atoms with E-state index in [1.165, 1.54) is 24.9 Å². The molecule has 1 aromatic carbocycles. The first-order chi connectivity index (χ1) is 8.08. The van der Waals surface area contributed by atoms with Crippen molar-refractivity contribution in [1.29, 1.82) is 0 Å². The van der Waals surface area contributed by atoms with E-state index in [4.69, 9.17) is 5.73 Å². The van der Waals surface area contributed by atoms with Crippen LogP contribution in [0, 0.1) is 5.92 Å². The highest BCUT2D eigenvalue weighted by Crippen LogP contribution is 2.36. The zero-order chi connectivity index (χ0) is 12.4. The van der Waals surface area contributed by atoms with E-state index in [2.05, 4.69) is 40.7 Å². The van der Waals surface area contributed by atoms with Gasteiger partial charge in [0.2, 0.25) is 0 Å². The van der Waals surface area contributed by atoms with Gasteiger partial charge in [-0.1, -0.05) is 29.8 Å². The van der Waals surface area contributed by atoms with Gasteiger partial charge < -0.3 is 10.6 Å². The lowest BCUT2D eigenvalue weighted by molar-refractivity contribution is 0.571. The second-order valence-electron chi connectivity index (χ2n) is 5.31. The third-order valence-electron chi connectivity index (χ3n) is 3.24. The molecule has 2 rings (SSSR count). The molecule has 17 heavy (non-hydrogen) atoms. The van der Waals surface area contributed by atoms with Crippen molar-refractivity contribution in [2.45, 2.75) is 39.2 Å². The van der Waals surface area contributed by atoms with Gasteiger partial charge >= 0.3 is 0 Å². The predicted octanol–water partition coefficient (Wildman–Crippen LogP) is 4.05. The summed E-state index contributed by atoms with van der Waals surface area (Å²) in [5.74, 6) is 0.740. The van der Waals surface area contributed by atoms with Crippen LogP contribution >= 0.6 is 15.9 Å². The highest BCUT2D eigenvalue weighted by Gasteiger charge is 2.30. The SMILES string of the molecule is CC(C)CCN(c1cc(Br)ccc1N)C1CC1. The fourth-order valence-electron chi connectivity index (χ4n) is 2.05. The second kappa shape index (κ2) is 5.30. The summed E-state index contributed by atoms with van der Waals surface area (Å²) in [5, 5.41) is 0. The van der Waals surface area contributed by atoms with Crippen LogP contribution < -0.4 is 10.6 Å². The van der Waals surface area contributed by atoms with E-state index in [1.807, 2.05) is 12.1 Å². The Balaban J connectivity index is 2.16. The van der Waals surface area contributed by atoms with Gasteiger partial charge in [0, 0.05) is 17.1 Å². The Morgan fingerprint density at radius 3 is 2.71 bits per heavy atom. The second-order valence-corrected chi connectivity index (χ2v) is 6.23. The number of rotatable bonds is 5. The molecule has 0 aromatic heterocycles. The number of hydrogen-bond donors (Lipinski definition) is 1. The van der Waals surface area contributed by atoms with E-state index in [0.717, 1.165) is 22.6 Å². The molecule has 0 saturated heterocycles. The van der Waals surface area contributed by atoms with Gasteiger partial charge in [-0.15, -0.1) is 0 Å². The molecular formula is C14H21BrN2. The standard InChI is InChI=1S/C14H21BrN2/c1-10(2)7-8-17(12-4-5-12)14-9-11(15)3-6-13(14)16/h3,6,9-10,12H,4-5,7-8,16H2,1-2H3. The Hall–Kier alpha value is -0.700. The van der Waals surface area contributed by atoms with Crippen LogP contribution in [0.15, 0.2) is 22.7 Å². The summed E-state index contributed by atoms with van der Waals surface area (Å²) < 4.78 is 1.11. The van der Waals surface area contributed by atoms with Gasteiger partial charge in [-0.05, 0) is 43.4 Å². The maximum Gasteiger partial charge on any atom is 0.0613 e. The molecule has 1 aromatic rings. The van der Waals surface area contributed by atoms with Gasteiger partial charge in [-0.25, -0.2) is 0 Å². The third-order valence-corrected chi connectivity index (χ3v) is 3.73. The molecule has 0 atom stereocenters. The van der Waals surface area contributed by atoms with Crippen molar-refractivity contribution in [3.63, 3.8) is 0 Å². The fourth-order valence-corrected chi connectivity index (χ4v) is 2.40. The van der Waals surface area contributed by atoms with Gasteiger partial charge in [0.1, 0.15) is 0 Å². The lowest BCUT2D eigenvalue weighted by atomic mass is 10.1. The Labute approximate surface area is 112 Å². The molecule has 0 amide bonds. The lowest BCUT2D eigenvalue weighted by Gasteiger charge is -2.27. The molecule has 0 radical (unpaired) electrons. The molecule has 0 spiro atoms. The summed E-state index contributed by atoms with van der Waals surface area (Å²) in [6.45, 7) is 5.66. The zero-order valence-electron chi connectivity index (χ0n) is 10.6. The molecule has 1 aliphatic rings. The van der Waals surface area contributed by atoms with Crippen LogP contribution in [0.4, 0.5) is 11.4 Å². The summed E-state index contributed by atoms with van der Waals surface area (Å²) in [4.78, 5) is 2.49. The first-order valence-electron chi connectivity index (χ1n) is 6.39. The van der Waals surface area contributed by atoms with Gasteiger partial charge in [-0.2, -0.15) is 0 Å². The average Bonchev–Trinajstić information content (AvgIpc) is 3.07. The number of nitrogen functional groups attached to an aromatic ring is 1. The van der Waals surface area contributed by atoms with Gasteiger partial charge in [-0.3, -0.25) is 0 Å². The molecule has 2 N–H and O–H groups in total. The highest BCUT2D eigenvalue weighted by atomic mass is 79.9. The molecule has 94 valence electrons. The smallest absolute Gasteiger partial charge is 0.0613 e. The van der Waals surface area contributed by atoms with Crippen molar-refractivity contribution in [3.05, 3.63) is 22.7 Å². The zero-order valence-corrected chi connectivity index (χ0v) is 12.2. The van der Waals surface area contributed by atoms with E-state index in [1.54, 1.807) is 0 Å². The van der Waals surface area contributed by atoms with Crippen LogP contribution in [0.3, 0.4) is 0 Å². The van der Waals surface area contributed by atoms with Gasteiger partial charge in [0.15, 0.2) is 0 Å². The Morgan fingerprint density at radius 2 is 2.12 bits per heavy atom. The number of halogens is 1. The van der Waals surface area contributed by atoms with E-state index in [-0.39, 0.29) is 0 Å². The molecule has 0 aliphatic heterocycles. The van der Waals surface area contributed by atoms with E-state index in [0.29, 0.717) is 6.04 Å². The Kier molecular flexibility index (Phi) is 3.97. The molecule has 0 heterocycles. The molecule has 1 fully saturated rings. The summed E-state index contributed by atoms with van der Waals surface area (Å²) in [5.41, 5.74) is 8.19. The van der Waals surface area contributed by atoms with Crippen LogP contribution in [0.2, 0.25) is 0 Å². The molecule has 0 unspecified atom stereocenters. The lowest BCUT2D eigenvalue weighted by Crippen LogP contribution is -2.28. The largest absolute Gasteiger partial charge is 0.397 e. The van der Waals surface area contributed by atoms with Crippen molar-refractivity contribution < 1.29 is 0 Å². The van der Waals surface area contributed by atoms with Crippen LogP contribution in [0.5, 0.6) is 0 Å². The van der Waals surface area contributed by atoms with Gasteiger partial charge in [0.05, 0.1) is 11.4 Å². The molecule has 1 saturated carbocycles. The molecular weight excluding hydrogens is 276 g/mol. The molecule has 2 nitrogen and oxygen atoms in total. The van der Waals surface area contributed by atoms with Crippen molar-refractivity contribution in [2.24, 2.45) is 5.92 Å². The molecule has 1 aliphatic carbocycles. The van der Waals surface area contributed by atoms with Crippen molar-refractivity contribution >= 4 is 27.3 Å².